The summed E-state index contributed by atoms with van der Waals surface area (Å²) in [5.41, 5.74) is 25.4. The molecule has 2 nitrogen and oxygen atoms in total. The summed E-state index contributed by atoms with van der Waals surface area (Å²) in [6, 6.07) is 73.9. The van der Waals surface area contributed by atoms with Crippen LogP contribution in [0.2, 0.25) is 0 Å². The molecule has 8 aromatic rings. The number of benzene rings is 8. The first-order valence-corrected chi connectivity index (χ1v) is 21.3. The molecule has 11 rings (SSSR count). The molecule has 2 heteroatoms. The Hall–Kier alpha value is -7.90. The van der Waals surface area contributed by atoms with Crippen molar-refractivity contribution in [2.45, 2.75) is 18.8 Å². The van der Waals surface area contributed by atoms with E-state index in [1.54, 1.807) is 0 Å². The van der Waals surface area contributed by atoms with Gasteiger partial charge in [-0.3, -0.25) is 0 Å². The Bertz CT molecular complexity index is 3220. The van der Waals surface area contributed by atoms with Gasteiger partial charge in [-0.1, -0.05) is 201 Å². The van der Waals surface area contributed by atoms with E-state index < -0.39 is 5.41 Å². The predicted octanol–water partition coefficient (Wildman–Crippen LogP) is 14.5. The third kappa shape index (κ3) is 6.04. The molecular weight excluding hydrogens is 749 g/mol. The van der Waals surface area contributed by atoms with Gasteiger partial charge in [0.2, 0.25) is 0 Å². The van der Waals surface area contributed by atoms with Crippen molar-refractivity contribution in [1.29, 1.82) is 0 Å². The van der Waals surface area contributed by atoms with Crippen LogP contribution in [0, 0.1) is 0 Å². The van der Waals surface area contributed by atoms with Crippen LogP contribution in [0.4, 0.5) is 0 Å². The first-order chi connectivity index (χ1) is 30.6. The number of aliphatic imine (C=N–C) groups is 2. The van der Waals surface area contributed by atoms with Crippen LogP contribution in [-0.4, -0.2) is 11.5 Å². The van der Waals surface area contributed by atoms with Crippen LogP contribution in [0.3, 0.4) is 0 Å². The van der Waals surface area contributed by atoms with E-state index in [0.717, 1.165) is 51.1 Å². The molecule has 8 aromatic carbocycles. The van der Waals surface area contributed by atoms with E-state index in [1.165, 1.54) is 55.7 Å². The highest BCUT2D eigenvalue weighted by atomic mass is 14.9. The van der Waals surface area contributed by atoms with Crippen LogP contribution in [0.25, 0.3) is 44.7 Å². The maximum absolute atomic E-state index is 5.14. The SMILES string of the molecule is C=C(N=C(N=C(C)c1ccccc1)c1cccc(-c2cccc(C3=C=CCC4=C(c5ccccc53)C3(c5ccccc54)c4ccccc4-c4ccccc43)c2)c1)c1ccccc1. The Morgan fingerprint density at radius 3 is 1.65 bits per heavy atom. The van der Waals surface area contributed by atoms with Gasteiger partial charge in [-0.05, 0) is 115 Å². The van der Waals surface area contributed by atoms with Crippen LogP contribution in [0.15, 0.2) is 235 Å². The normalized spacial score (nSPS) is 14.6. The van der Waals surface area contributed by atoms with Gasteiger partial charge in [-0.2, -0.15) is 0 Å². The maximum atomic E-state index is 5.14. The van der Waals surface area contributed by atoms with Crippen molar-refractivity contribution in [3.63, 3.8) is 0 Å². The number of amidine groups is 1. The lowest BCUT2D eigenvalue weighted by Crippen LogP contribution is -2.27. The lowest BCUT2D eigenvalue weighted by Gasteiger charge is -2.34. The number of fused-ring (bicyclic) bond motifs is 11. The van der Waals surface area contributed by atoms with Gasteiger partial charge in [0.05, 0.1) is 11.1 Å². The molecule has 0 saturated carbocycles. The minimum Gasteiger partial charge on any atom is -0.233 e. The first-order valence-electron chi connectivity index (χ1n) is 21.3. The highest BCUT2D eigenvalue weighted by Crippen LogP contribution is 2.65. The number of nitrogens with zero attached hydrogens (tertiary/aromatic N) is 2. The van der Waals surface area contributed by atoms with E-state index in [-0.39, 0.29) is 0 Å². The molecule has 0 aromatic heterocycles. The summed E-state index contributed by atoms with van der Waals surface area (Å²) >= 11 is 0. The summed E-state index contributed by atoms with van der Waals surface area (Å²) in [5.74, 6) is 0.614. The van der Waals surface area contributed by atoms with E-state index in [1.807, 2.05) is 55.5 Å². The highest BCUT2D eigenvalue weighted by Gasteiger charge is 2.53. The molecule has 0 fully saturated rings. The fraction of sp³-hybridized carbons (Fsp3) is 0.0500. The van der Waals surface area contributed by atoms with Crippen LogP contribution in [-0.2, 0) is 5.41 Å². The number of rotatable bonds is 6. The van der Waals surface area contributed by atoms with Crippen molar-refractivity contribution in [1.82, 2.24) is 0 Å². The van der Waals surface area contributed by atoms with Crippen LogP contribution in [0.1, 0.15) is 69.0 Å². The summed E-state index contributed by atoms with van der Waals surface area (Å²) in [6.07, 6.45) is 3.03. The molecule has 0 aliphatic heterocycles. The molecule has 0 unspecified atom stereocenters. The number of hydrogen-bond donors (Lipinski definition) is 0. The van der Waals surface area contributed by atoms with Crippen molar-refractivity contribution in [2.24, 2.45) is 9.98 Å². The largest absolute Gasteiger partial charge is 0.233 e. The summed E-state index contributed by atoms with van der Waals surface area (Å²) in [4.78, 5) is 10.2. The third-order valence-corrected chi connectivity index (χ3v) is 12.7. The minimum atomic E-state index is -0.444. The fourth-order valence-corrected chi connectivity index (χ4v) is 10.0. The Balaban J connectivity index is 1.03. The van der Waals surface area contributed by atoms with Crippen LogP contribution >= 0.6 is 0 Å². The Morgan fingerprint density at radius 2 is 0.968 bits per heavy atom. The zero-order valence-corrected chi connectivity index (χ0v) is 34.5. The molecule has 0 N–H and O–H groups in total. The zero-order valence-electron chi connectivity index (χ0n) is 34.5. The van der Waals surface area contributed by atoms with Gasteiger partial charge < -0.3 is 0 Å². The Kier molecular flexibility index (Phi) is 9.15. The van der Waals surface area contributed by atoms with Gasteiger partial charge in [0, 0.05) is 16.8 Å². The molecule has 62 heavy (non-hydrogen) atoms. The van der Waals surface area contributed by atoms with E-state index in [0.29, 0.717) is 11.5 Å². The average Bonchev–Trinajstić information content (AvgIpc) is 3.79. The van der Waals surface area contributed by atoms with Gasteiger partial charge in [0.15, 0.2) is 5.84 Å². The number of hydrogen-bond acceptors (Lipinski definition) is 1. The molecule has 1 spiro atoms. The van der Waals surface area contributed by atoms with E-state index in [2.05, 4.69) is 176 Å². The van der Waals surface area contributed by atoms with E-state index >= 15 is 0 Å². The standard InChI is InChI=1S/C60H42N2/c1-40(42-20-5-3-6-21-42)61-59(62-41(2)43-22-7-4-8-23-43)47-27-18-25-45(39-47)44-24-17-26-46(38-44)48-33-19-34-54-52-31-13-16-37-57(52)60(58(54)53-32-10-9-28-49(48)53)55-35-14-11-29-50(55)51-30-12-15-36-56(51)60/h3-32,35-39H,1,34H2,2H3. The summed E-state index contributed by atoms with van der Waals surface area (Å²) in [7, 11) is 0. The first kappa shape index (κ1) is 37.1. The highest BCUT2D eigenvalue weighted by molar-refractivity contribution is 6.14. The molecular formula is C60H42N2. The summed E-state index contributed by atoms with van der Waals surface area (Å²) < 4.78 is 0. The summed E-state index contributed by atoms with van der Waals surface area (Å²) in [5, 5.41) is 0. The summed E-state index contributed by atoms with van der Waals surface area (Å²) in [6.45, 7) is 6.39. The molecule has 0 amide bonds. The van der Waals surface area contributed by atoms with Crippen molar-refractivity contribution in [3.8, 4) is 22.3 Å². The predicted molar refractivity (Wildman–Crippen MR) is 259 cm³/mol. The van der Waals surface area contributed by atoms with Crippen LogP contribution < -0.4 is 0 Å². The average molecular weight is 791 g/mol. The molecule has 3 aliphatic carbocycles. The van der Waals surface area contributed by atoms with Crippen molar-refractivity contribution in [2.75, 3.05) is 0 Å². The Labute approximate surface area is 363 Å². The second-order valence-corrected chi connectivity index (χ2v) is 16.2. The monoisotopic (exact) mass is 790 g/mol. The molecule has 0 heterocycles. The van der Waals surface area contributed by atoms with Gasteiger partial charge in [0.25, 0.3) is 0 Å². The third-order valence-electron chi connectivity index (χ3n) is 12.7. The van der Waals surface area contributed by atoms with Crippen molar-refractivity contribution >= 4 is 34.0 Å². The van der Waals surface area contributed by atoms with Crippen molar-refractivity contribution in [3.05, 3.63) is 280 Å². The molecule has 0 radical (unpaired) electrons. The molecule has 0 saturated heterocycles. The number of allylic oxidation sites excluding steroid dienone is 3. The van der Waals surface area contributed by atoms with Crippen molar-refractivity contribution < 1.29 is 0 Å². The second kappa shape index (κ2) is 15.3. The molecule has 0 bridgehead atoms. The topological polar surface area (TPSA) is 24.7 Å². The molecule has 292 valence electrons. The zero-order chi connectivity index (χ0) is 41.6. The fourth-order valence-electron chi connectivity index (χ4n) is 10.0. The smallest absolute Gasteiger partial charge is 0.160 e. The van der Waals surface area contributed by atoms with Gasteiger partial charge >= 0.3 is 0 Å². The van der Waals surface area contributed by atoms with E-state index in [4.69, 9.17) is 9.98 Å². The molecule has 0 atom stereocenters. The van der Waals surface area contributed by atoms with Crippen LogP contribution in [0.5, 0.6) is 0 Å². The second-order valence-electron chi connectivity index (χ2n) is 16.2. The maximum Gasteiger partial charge on any atom is 0.160 e. The lowest BCUT2D eigenvalue weighted by atomic mass is 9.66. The van der Waals surface area contributed by atoms with Gasteiger partial charge in [0.1, 0.15) is 0 Å². The minimum absolute atomic E-state index is 0.444. The lowest BCUT2D eigenvalue weighted by molar-refractivity contribution is 0.841. The van der Waals surface area contributed by atoms with Gasteiger partial charge in [-0.25, -0.2) is 9.98 Å². The quantitative estimate of drug-likeness (QED) is 0.0910. The van der Waals surface area contributed by atoms with Gasteiger partial charge in [-0.15, -0.1) is 5.73 Å². The molecule has 3 aliphatic rings. The Morgan fingerprint density at radius 1 is 0.468 bits per heavy atom. The van der Waals surface area contributed by atoms with E-state index in [9.17, 15) is 0 Å².